The van der Waals surface area contributed by atoms with Gasteiger partial charge in [0.1, 0.15) is 16.9 Å². The molecule has 1 aliphatic carbocycles. The molecule has 7 nitrogen and oxygen atoms in total. The third-order valence-electron chi connectivity index (χ3n) is 3.82. The molecule has 7 heteroatoms. The molecule has 4 amide bonds. The summed E-state index contributed by atoms with van der Waals surface area (Å²) in [5.74, 6) is -0.103. The van der Waals surface area contributed by atoms with Crippen molar-refractivity contribution in [2.24, 2.45) is 5.41 Å². The Hall–Kier alpha value is -2.57. The lowest BCUT2D eigenvalue weighted by Gasteiger charge is -2.30. The van der Waals surface area contributed by atoms with E-state index in [0.717, 1.165) is 4.90 Å². The number of hydrogen-bond donors (Lipinski definition) is 1. The number of carbonyl (C=O) groups is 3. The van der Waals surface area contributed by atoms with Gasteiger partial charge < -0.3 is 9.47 Å². The van der Waals surface area contributed by atoms with Gasteiger partial charge in [0.2, 0.25) is 5.91 Å². The number of anilines is 1. The Bertz CT molecular complexity index is 629. The van der Waals surface area contributed by atoms with Crippen LogP contribution in [0.5, 0.6) is 11.5 Å². The van der Waals surface area contributed by atoms with Gasteiger partial charge in [0, 0.05) is 18.2 Å². The number of barbiturate groups is 1. The second kappa shape index (κ2) is 4.47. The van der Waals surface area contributed by atoms with Crippen LogP contribution in [-0.2, 0) is 9.59 Å². The van der Waals surface area contributed by atoms with Crippen LogP contribution in [0.15, 0.2) is 18.2 Å². The number of carbonyl (C=O) groups excluding carboxylic acids is 3. The SMILES string of the molecule is COc1cc(OC)cc(N2C(=O)NC(=O)C3(CC3)C2=O)c1. The maximum absolute atomic E-state index is 12.5. The molecule has 0 bridgehead atoms. The van der Waals surface area contributed by atoms with E-state index in [1.54, 1.807) is 18.2 Å². The molecule has 1 saturated carbocycles. The number of amides is 4. The van der Waals surface area contributed by atoms with Crippen LogP contribution in [0.2, 0.25) is 0 Å². The van der Waals surface area contributed by atoms with Gasteiger partial charge in [0.25, 0.3) is 5.91 Å². The van der Waals surface area contributed by atoms with E-state index in [-0.39, 0.29) is 0 Å². The number of urea groups is 1. The summed E-state index contributed by atoms with van der Waals surface area (Å²) in [6.45, 7) is 0. The Labute approximate surface area is 120 Å². The topological polar surface area (TPSA) is 84.9 Å². The zero-order valence-electron chi connectivity index (χ0n) is 11.6. The van der Waals surface area contributed by atoms with Crippen LogP contribution in [-0.4, -0.2) is 32.1 Å². The number of imide groups is 2. The van der Waals surface area contributed by atoms with Crippen LogP contribution in [0.1, 0.15) is 12.8 Å². The molecule has 0 atom stereocenters. The maximum atomic E-state index is 12.5. The van der Waals surface area contributed by atoms with Gasteiger partial charge in [-0.05, 0) is 12.8 Å². The van der Waals surface area contributed by atoms with Gasteiger partial charge in [0.05, 0.1) is 19.9 Å². The number of methoxy groups -OCH3 is 2. The minimum absolute atomic E-state index is 0.312. The summed E-state index contributed by atoms with van der Waals surface area (Å²) in [7, 11) is 2.95. The lowest BCUT2D eigenvalue weighted by molar-refractivity contribution is -0.136. The second-order valence-corrected chi connectivity index (χ2v) is 5.05. The van der Waals surface area contributed by atoms with Crippen LogP contribution < -0.4 is 19.7 Å². The van der Waals surface area contributed by atoms with E-state index >= 15 is 0 Å². The third kappa shape index (κ3) is 1.93. The number of hydrogen-bond acceptors (Lipinski definition) is 5. The van der Waals surface area contributed by atoms with E-state index in [1.165, 1.54) is 14.2 Å². The van der Waals surface area contributed by atoms with Gasteiger partial charge in [0.15, 0.2) is 0 Å². The number of nitrogens with zero attached hydrogens (tertiary/aromatic N) is 1. The molecule has 0 radical (unpaired) electrons. The normalized spacial score (nSPS) is 19.5. The van der Waals surface area contributed by atoms with Gasteiger partial charge in [-0.25, -0.2) is 9.69 Å². The van der Waals surface area contributed by atoms with Crippen LogP contribution in [0.4, 0.5) is 10.5 Å². The first kappa shape index (κ1) is 13.4. The number of ether oxygens (including phenoxy) is 2. The summed E-state index contributed by atoms with van der Waals surface area (Å²) in [6.07, 6.45) is 0.922. The molecule has 1 heterocycles. The lowest BCUT2D eigenvalue weighted by Crippen LogP contribution is -2.59. The third-order valence-corrected chi connectivity index (χ3v) is 3.82. The van der Waals surface area contributed by atoms with E-state index in [4.69, 9.17) is 9.47 Å². The van der Waals surface area contributed by atoms with Crippen molar-refractivity contribution in [3.63, 3.8) is 0 Å². The molecule has 3 rings (SSSR count). The van der Waals surface area contributed by atoms with Crippen molar-refractivity contribution in [2.45, 2.75) is 12.8 Å². The van der Waals surface area contributed by atoms with E-state index < -0.39 is 23.3 Å². The lowest BCUT2D eigenvalue weighted by atomic mass is 10.0. The summed E-state index contributed by atoms with van der Waals surface area (Å²) < 4.78 is 10.3. The Balaban J connectivity index is 2.04. The van der Waals surface area contributed by atoms with E-state index in [1.807, 2.05) is 0 Å². The highest BCUT2D eigenvalue weighted by molar-refractivity contribution is 6.31. The van der Waals surface area contributed by atoms with Crippen molar-refractivity contribution in [2.75, 3.05) is 19.1 Å². The van der Waals surface area contributed by atoms with Gasteiger partial charge in [-0.3, -0.25) is 14.9 Å². The van der Waals surface area contributed by atoms with Crippen LogP contribution in [0.3, 0.4) is 0 Å². The number of nitrogens with one attached hydrogen (secondary N) is 1. The summed E-state index contributed by atoms with van der Waals surface area (Å²) >= 11 is 0. The highest BCUT2D eigenvalue weighted by Crippen LogP contribution is 2.50. The van der Waals surface area contributed by atoms with Gasteiger partial charge in [-0.1, -0.05) is 0 Å². The molecule has 0 unspecified atom stereocenters. The standard InChI is InChI=1S/C14H14N2O5/c1-20-9-5-8(6-10(7-9)21-2)16-12(18)14(3-4-14)11(17)15-13(16)19/h5-7H,3-4H2,1-2H3,(H,15,17,19). The zero-order chi connectivity index (χ0) is 15.2. The monoisotopic (exact) mass is 290 g/mol. The molecule has 1 saturated heterocycles. The largest absolute Gasteiger partial charge is 0.497 e. The van der Waals surface area contributed by atoms with Crippen molar-refractivity contribution >= 4 is 23.5 Å². The van der Waals surface area contributed by atoms with Gasteiger partial charge in [-0.15, -0.1) is 0 Å². The minimum atomic E-state index is -1.08. The molecule has 1 spiro atoms. The fourth-order valence-electron chi connectivity index (χ4n) is 2.40. The highest BCUT2D eigenvalue weighted by Gasteiger charge is 2.62. The van der Waals surface area contributed by atoms with Crippen molar-refractivity contribution in [3.8, 4) is 11.5 Å². The van der Waals surface area contributed by atoms with Gasteiger partial charge >= 0.3 is 6.03 Å². The van der Waals surface area contributed by atoms with Crippen molar-refractivity contribution in [1.29, 1.82) is 0 Å². The smallest absolute Gasteiger partial charge is 0.335 e. The Kier molecular flexibility index (Phi) is 2.86. The average molecular weight is 290 g/mol. The van der Waals surface area contributed by atoms with Crippen molar-refractivity contribution < 1.29 is 23.9 Å². The average Bonchev–Trinajstić information content (AvgIpc) is 3.27. The summed E-state index contributed by atoms with van der Waals surface area (Å²) in [4.78, 5) is 37.3. The molecule has 1 N–H and O–H groups in total. The quantitative estimate of drug-likeness (QED) is 0.842. The number of benzene rings is 1. The summed E-state index contributed by atoms with van der Waals surface area (Å²) in [6, 6.07) is 3.98. The Morgan fingerprint density at radius 2 is 1.62 bits per heavy atom. The maximum Gasteiger partial charge on any atom is 0.335 e. The van der Waals surface area contributed by atoms with Crippen molar-refractivity contribution in [3.05, 3.63) is 18.2 Å². The fraction of sp³-hybridized carbons (Fsp3) is 0.357. The first-order valence-electron chi connectivity index (χ1n) is 6.45. The molecule has 1 aromatic carbocycles. The van der Waals surface area contributed by atoms with Crippen molar-refractivity contribution in [1.82, 2.24) is 5.32 Å². The van der Waals surface area contributed by atoms with E-state index in [9.17, 15) is 14.4 Å². The summed E-state index contributed by atoms with van der Waals surface area (Å²) in [5.41, 5.74) is -0.767. The van der Waals surface area contributed by atoms with E-state index in [2.05, 4.69) is 5.32 Å². The Morgan fingerprint density at radius 1 is 1.05 bits per heavy atom. The molecule has 2 fully saturated rings. The first-order valence-corrected chi connectivity index (χ1v) is 6.45. The molecular weight excluding hydrogens is 276 g/mol. The van der Waals surface area contributed by atoms with E-state index in [0.29, 0.717) is 30.0 Å². The molecule has 2 aliphatic rings. The molecule has 110 valence electrons. The van der Waals surface area contributed by atoms with Crippen LogP contribution >= 0.6 is 0 Å². The molecule has 0 aromatic heterocycles. The van der Waals surface area contributed by atoms with Crippen LogP contribution in [0, 0.1) is 5.41 Å². The molecule has 21 heavy (non-hydrogen) atoms. The molecule has 1 aromatic rings. The predicted octanol–water partition coefficient (Wildman–Crippen LogP) is 1.07. The second-order valence-electron chi connectivity index (χ2n) is 5.05. The highest BCUT2D eigenvalue weighted by atomic mass is 16.5. The summed E-state index contributed by atoms with van der Waals surface area (Å²) in [5, 5.41) is 2.23. The zero-order valence-corrected chi connectivity index (χ0v) is 11.6. The molecular formula is C14H14N2O5. The Morgan fingerprint density at radius 3 is 2.10 bits per heavy atom. The fourth-order valence-corrected chi connectivity index (χ4v) is 2.40. The first-order chi connectivity index (χ1) is 10.0. The predicted molar refractivity (Wildman–Crippen MR) is 72.2 cm³/mol. The minimum Gasteiger partial charge on any atom is -0.497 e. The molecule has 1 aliphatic heterocycles. The number of rotatable bonds is 3. The van der Waals surface area contributed by atoms with Crippen LogP contribution in [0.25, 0.3) is 0 Å². The van der Waals surface area contributed by atoms with Gasteiger partial charge in [-0.2, -0.15) is 0 Å².